The molecule has 2 aromatic carbocycles. The number of unbranched alkanes of at least 4 members (excludes halogenated alkanes) is 3. The van der Waals surface area contributed by atoms with Crippen molar-refractivity contribution >= 4 is 5.97 Å². The minimum atomic E-state index is -0.720. The Kier molecular flexibility index (Phi) is 5.77. The average Bonchev–Trinajstić information content (AvgIpc) is 3.39. The van der Waals surface area contributed by atoms with Crippen molar-refractivity contribution in [3.63, 3.8) is 0 Å². The highest BCUT2D eigenvalue weighted by Gasteiger charge is 2.64. The molecule has 0 saturated carbocycles. The Morgan fingerprint density at radius 2 is 1.46 bits per heavy atom. The Balaban J connectivity index is 1.77. The molecule has 1 atom stereocenters. The van der Waals surface area contributed by atoms with Crippen LogP contribution in [0.2, 0.25) is 0 Å². The fraction of sp³-hybridized carbons (Fsp3) is 0.435. The van der Waals surface area contributed by atoms with Gasteiger partial charge in [-0.05, 0) is 31.4 Å². The van der Waals surface area contributed by atoms with Gasteiger partial charge in [0, 0.05) is 0 Å². The van der Waals surface area contributed by atoms with Crippen LogP contribution >= 0.6 is 0 Å². The van der Waals surface area contributed by atoms with E-state index in [1.807, 2.05) is 24.3 Å². The number of rotatable bonds is 8. The van der Waals surface area contributed by atoms with Crippen LogP contribution in [0.4, 0.5) is 0 Å². The largest absolute Gasteiger partial charge is 0.464 e. The molecule has 138 valence electrons. The van der Waals surface area contributed by atoms with Crippen molar-refractivity contribution in [1.82, 2.24) is 0 Å². The molecule has 0 bridgehead atoms. The van der Waals surface area contributed by atoms with Crippen molar-refractivity contribution in [1.29, 1.82) is 0 Å². The van der Waals surface area contributed by atoms with E-state index in [1.165, 1.54) is 24.0 Å². The molecule has 26 heavy (non-hydrogen) atoms. The molecule has 1 saturated heterocycles. The summed E-state index contributed by atoms with van der Waals surface area (Å²) < 4.78 is 11.5. The summed E-state index contributed by atoms with van der Waals surface area (Å²) in [4.78, 5) is 12.6. The molecule has 2 aromatic rings. The van der Waals surface area contributed by atoms with Crippen LogP contribution in [-0.4, -0.2) is 18.7 Å². The van der Waals surface area contributed by atoms with E-state index in [4.69, 9.17) is 9.47 Å². The van der Waals surface area contributed by atoms with Gasteiger partial charge in [-0.2, -0.15) is 0 Å². The van der Waals surface area contributed by atoms with E-state index in [-0.39, 0.29) is 5.97 Å². The first-order chi connectivity index (χ1) is 12.6. The molecule has 0 spiro atoms. The summed E-state index contributed by atoms with van der Waals surface area (Å²) in [5, 5.41) is 0. The van der Waals surface area contributed by atoms with Crippen molar-refractivity contribution in [2.75, 3.05) is 6.61 Å². The standard InChI is InChI=1S/C23H28O3/c1-4-5-6-7-16-25-22(24)21-23(26-21,19-12-8-17(2)9-13-19)20-14-10-18(3)11-15-20/h8-15,21H,4-7,16H2,1-3H3. The second kappa shape index (κ2) is 8.05. The Morgan fingerprint density at radius 1 is 0.923 bits per heavy atom. The smallest absolute Gasteiger partial charge is 0.339 e. The second-order valence-corrected chi connectivity index (χ2v) is 7.19. The highest BCUT2D eigenvalue weighted by atomic mass is 16.7. The fourth-order valence-corrected chi connectivity index (χ4v) is 3.35. The number of hydrogen-bond acceptors (Lipinski definition) is 3. The summed E-state index contributed by atoms with van der Waals surface area (Å²) >= 11 is 0. The van der Waals surface area contributed by atoms with Crippen LogP contribution in [-0.2, 0) is 19.9 Å². The van der Waals surface area contributed by atoms with E-state index < -0.39 is 11.7 Å². The van der Waals surface area contributed by atoms with Crippen LogP contribution < -0.4 is 0 Å². The predicted octanol–water partition coefficient (Wildman–Crippen LogP) is 5.07. The first-order valence-electron chi connectivity index (χ1n) is 9.56. The summed E-state index contributed by atoms with van der Waals surface area (Å²) in [6.45, 7) is 6.74. The molecule has 0 aliphatic carbocycles. The molecular formula is C23H28O3. The third kappa shape index (κ3) is 3.83. The summed E-state index contributed by atoms with van der Waals surface area (Å²) in [6, 6.07) is 16.4. The van der Waals surface area contributed by atoms with Crippen LogP contribution in [0.15, 0.2) is 48.5 Å². The minimum Gasteiger partial charge on any atom is -0.464 e. The lowest BCUT2D eigenvalue weighted by molar-refractivity contribution is -0.145. The summed E-state index contributed by atoms with van der Waals surface area (Å²) in [6.07, 6.45) is 3.78. The van der Waals surface area contributed by atoms with Crippen molar-refractivity contribution < 1.29 is 14.3 Å². The number of esters is 1. The molecule has 1 aliphatic heterocycles. The molecule has 1 aliphatic rings. The fourth-order valence-electron chi connectivity index (χ4n) is 3.35. The number of carbonyl (C=O) groups is 1. The third-order valence-corrected chi connectivity index (χ3v) is 5.03. The summed E-state index contributed by atoms with van der Waals surface area (Å²) in [7, 11) is 0. The maximum Gasteiger partial charge on any atom is 0.339 e. The number of aryl methyl sites for hydroxylation is 2. The molecule has 0 radical (unpaired) electrons. The predicted molar refractivity (Wildman–Crippen MR) is 103 cm³/mol. The van der Waals surface area contributed by atoms with Gasteiger partial charge in [0.2, 0.25) is 0 Å². The third-order valence-electron chi connectivity index (χ3n) is 5.03. The Labute approximate surface area is 156 Å². The van der Waals surface area contributed by atoms with Gasteiger partial charge < -0.3 is 9.47 Å². The van der Waals surface area contributed by atoms with Crippen molar-refractivity contribution in [2.24, 2.45) is 0 Å². The number of ether oxygens (including phenoxy) is 2. The highest BCUT2D eigenvalue weighted by molar-refractivity contribution is 5.81. The molecule has 3 rings (SSSR count). The van der Waals surface area contributed by atoms with Crippen LogP contribution in [0.1, 0.15) is 54.9 Å². The zero-order valence-corrected chi connectivity index (χ0v) is 16.0. The Morgan fingerprint density at radius 3 is 1.96 bits per heavy atom. The SMILES string of the molecule is CCCCCCOC(=O)C1OC1(c1ccc(C)cc1)c1ccc(C)cc1. The van der Waals surface area contributed by atoms with Crippen molar-refractivity contribution in [3.05, 3.63) is 70.8 Å². The lowest BCUT2D eigenvalue weighted by Gasteiger charge is -2.15. The average molecular weight is 352 g/mol. The molecular weight excluding hydrogens is 324 g/mol. The zero-order valence-electron chi connectivity index (χ0n) is 16.0. The maximum atomic E-state index is 12.6. The maximum absolute atomic E-state index is 12.6. The van der Waals surface area contributed by atoms with Crippen LogP contribution in [0, 0.1) is 13.8 Å². The summed E-state index contributed by atoms with van der Waals surface area (Å²) in [5.41, 5.74) is 3.65. The van der Waals surface area contributed by atoms with Gasteiger partial charge in [-0.1, -0.05) is 85.8 Å². The quantitative estimate of drug-likeness (QED) is 0.378. The molecule has 0 N–H and O–H groups in total. The van der Waals surface area contributed by atoms with E-state index in [9.17, 15) is 4.79 Å². The minimum absolute atomic E-state index is 0.261. The van der Waals surface area contributed by atoms with E-state index in [2.05, 4.69) is 45.0 Å². The lowest BCUT2D eigenvalue weighted by Crippen LogP contribution is -2.23. The first kappa shape index (κ1) is 18.7. The van der Waals surface area contributed by atoms with E-state index in [1.54, 1.807) is 0 Å². The van der Waals surface area contributed by atoms with Crippen molar-refractivity contribution in [2.45, 2.75) is 58.2 Å². The molecule has 1 fully saturated rings. The molecule has 3 heteroatoms. The second-order valence-electron chi connectivity index (χ2n) is 7.19. The van der Waals surface area contributed by atoms with E-state index in [0.717, 1.165) is 24.0 Å². The lowest BCUT2D eigenvalue weighted by atomic mass is 9.87. The molecule has 0 amide bonds. The van der Waals surface area contributed by atoms with Gasteiger partial charge in [0.05, 0.1) is 6.61 Å². The van der Waals surface area contributed by atoms with Gasteiger partial charge in [-0.3, -0.25) is 0 Å². The van der Waals surface area contributed by atoms with Crippen LogP contribution in [0.25, 0.3) is 0 Å². The molecule has 1 heterocycles. The van der Waals surface area contributed by atoms with Gasteiger partial charge in [0.1, 0.15) is 0 Å². The zero-order chi connectivity index (χ0) is 18.6. The van der Waals surface area contributed by atoms with Gasteiger partial charge >= 0.3 is 5.97 Å². The Bertz CT molecular complexity index is 686. The first-order valence-corrected chi connectivity index (χ1v) is 9.56. The van der Waals surface area contributed by atoms with Crippen LogP contribution in [0.5, 0.6) is 0 Å². The van der Waals surface area contributed by atoms with E-state index >= 15 is 0 Å². The van der Waals surface area contributed by atoms with Gasteiger partial charge in [-0.25, -0.2) is 4.79 Å². The number of carbonyl (C=O) groups excluding carboxylic acids is 1. The normalized spacial score (nSPS) is 17.7. The van der Waals surface area contributed by atoms with Gasteiger partial charge in [0.25, 0.3) is 0 Å². The topological polar surface area (TPSA) is 38.8 Å². The highest BCUT2D eigenvalue weighted by Crippen LogP contribution is 2.52. The monoisotopic (exact) mass is 352 g/mol. The number of benzene rings is 2. The van der Waals surface area contributed by atoms with Gasteiger partial charge in [0.15, 0.2) is 11.7 Å². The van der Waals surface area contributed by atoms with E-state index in [0.29, 0.717) is 6.61 Å². The Hall–Kier alpha value is -2.13. The van der Waals surface area contributed by atoms with Crippen LogP contribution in [0.3, 0.4) is 0 Å². The molecule has 3 nitrogen and oxygen atoms in total. The van der Waals surface area contributed by atoms with Gasteiger partial charge in [-0.15, -0.1) is 0 Å². The molecule has 0 aromatic heterocycles. The summed E-state index contributed by atoms with van der Waals surface area (Å²) in [5.74, 6) is -0.261. The van der Waals surface area contributed by atoms with Crippen molar-refractivity contribution in [3.8, 4) is 0 Å². The number of epoxide rings is 1. The molecule has 1 unspecified atom stereocenters. The number of hydrogen-bond donors (Lipinski definition) is 0.